The van der Waals surface area contributed by atoms with E-state index in [0.717, 1.165) is 11.1 Å². The van der Waals surface area contributed by atoms with Crippen molar-refractivity contribution in [3.8, 4) is 11.1 Å². The summed E-state index contributed by atoms with van der Waals surface area (Å²) in [5.41, 5.74) is 2.45. The largest absolute Gasteiger partial charge is 0.339 e. The van der Waals surface area contributed by atoms with Crippen LogP contribution in [0.15, 0.2) is 47.6 Å². The second kappa shape index (κ2) is 7.20. The highest BCUT2D eigenvalue weighted by Gasteiger charge is 2.19. The zero-order valence-electron chi connectivity index (χ0n) is 13.4. The molecule has 0 bridgehead atoms. The maximum Gasteiger partial charge on any atom is 0.224 e. The SMILES string of the molecule is CP(C)(=O)c1cc(-c2cncnc2)ccc1Nc1nc(Cl)ncc1Br. The number of hydrogen-bond acceptors (Lipinski definition) is 6. The van der Waals surface area contributed by atoms with E-state index in [0.29, 0.717) is 21.3 Å². The van der Waals surface area contributed by atoms with Gasteiger partial charge in [0, 0.05) is 29.5 Å². The highest BCUT2D eigenvalue weighted by molar-refractivity contribution is 9.10. The Hall–Kier alpha value is -1.82. The Morgan fingerprint density at radius 3 is 2.52 bits per heavy atom. The molecule has 6 nitrogen and oxygen atoms in total. The van der Waals surface area contributed by atoms with Crippen LogP contribution >= 0.6 is 34.7 Å². The topological polar surface area (TPSA) is 80.7 Å². The molecule has 0 unspecified atom stereocenters. The molecule has 0 fully saturated rings. The fourth-order valence-corrected chi connectivity index (χ4v) is 3.86. The van der Waals surface area contributed by atoms with Crippen molar-refractivity contribution in [2.24, 2.45) is 0 Å². The van der Waals surface area contributed by atoms with Crippen molar-refractivity contribution in [1.29, 1.82) is 0 Å². The van der Waals surface area contributed by atoms with Gasteiger partial charge in [-0.25, -0.2) is 15.0 Å². The van der Waals surface area contributed by atoms with Crippen LogP contribution in [0.1, 0.15) is 0 Å². The molecule has 1 N–H and O–H groups in total. The number of halogens is 2. The van der Waals surface area contributed by atoms with Crippen LogP contribution in [0.2, 0.25) is 5.28 Å². The molecule has 9 heteroatoms. The van der Waals surface area contributed by atoms with Crippen LogP contribution in [0.25, 0.3) is 11.1 Å². The van der Waals surface area contributed by atoms with E-state index in [2.05, 4.69) is 41.2 Å². The van der Waals surface area contributed by atoms with E-state index in [1.54, 1.807) is 31.9 Å². The van der Waals surface area contributed by atoms with E-state index in [-0.39, 0.29) is 5.28 Å². The van der Waals surface area contributed by atoms with E-state index in [1.807, 2.05) is 18.2 Å². The Bertz CT molecular complexity index is 964. The Labute approximate surface area is 158 Å². The lowest BCUT2D eigenvalue weighted by Crippen LogP contribution is -2.11. The van der Waals surface area contributed by atoms with Crippen LogP contribution in [0, 0.1) is 0 Å². The van der Waals surface area contributed by atoms with E-state index >= 15 is 0 Å². The summed E-state index contributed by atoms with van der Waals surface area (Å²) >= 11 is 9.25. The first-order chi connectivity index (χ1) is 11.8. The molecular formula is C16H14BrClN5OP. The van der Waals surface area contributed by atoms with Crippen molar-refractivity contribution >= 4 is 51.5 Å². The zero-order valence-corrected chi connectivity index (χ0v) is 16.7. The molecule has 25 heavy (non-hydrogen) atoms. The molecule has 2 heterocycles. The first kappa shape index (κ1) is 18.0. The Balaban J connectivity index is 2.08. The molecule has 0 amide bonds. The van der Waals surface area contributed by atoms with Gasteiger partial charge in [0.15, 0.2) is 0 Å². The fourth-order valence-electron chi connectivity index (χ4n) is 2.27. The lowest BCUT2D eigenvalue weighted by Gasteiger charge is -2.17. The quantitative estimate of drug-likeness (QED) is 0.482. The minimum atomic E-state index is -2.56. The summed E-state index contributed by atoms with van der Waals surface area (Å²) in [7, 11) is -2.56. The maximum atomic E-state index is 12.8. The van der Waals surface area contributed by atoms with Crippen LogP contribution in [0.5, 0.6) is 0 Å². The van der Waals surface area contributed by atoms with Gasteiger partial charge in [0.25, 0.3) is 0 Å². The van der Waals surface area contributed by atoms with Gasteiger partial charge in [-0.2, -0.15) is 4.98 Å². The maximum absolute atomic E-state index is 12.8. The number of nitrogens with one attached hydrogen (secondary N) is 1. The van der Waals surface area contributed by atoms with Crippen molar-refractivity contribution < 1.29 is 4.57 Å². The van der Waals surface area contributed by atoms with E-state index in [4.69, 9.17) is 11.6 Å². The average Bonchev–Trinajstić information content (AvgIpc) is 2.58. The van der Waals surface area contributed by atoms with Gasteiger partial charge < -0.3 is 9.88 Å². The van der Waals surface area contributed by atoms with Crippen LogP contribution in [-0.2, 0) is 4.57 Å². The Kier molecular flexibility index (Phi) is 5.18. The minimum absolute atomic E-state index is 0.126. The smallest absolute Gasteiger partial charge is 0.224 e. The van der Waals surface area contributed by atoms with Crippen molar-refractivity contribution in [3.05, 3.63) is 52.9 Å². The monoisotopic (exact) mass is 437 g/mol. The predicted octanol–water partition coefficient (Wildman–Crippen LogP) is 4.34. The second-order valence-electron chi connectivity index (χ2n) is 5.67. The number of anilines is 2. The molecule has 0 saturated heterocycles. The van der Waals surface area contributed by atoms with Gasteiger partial charge >= 0.3 is 0 Å². The van der Waals surface area contributed by atoms with Gasteiger partial charge in [-0.05, 0) is 58.6 Å². The summed E-state index contributed by atoms with van der Waals surface area (Å²) in [6, 6.07) is 5.66. The van der Waals surface area contributed by atoms with Gasteiger partial charge in [0.1, 0.15) is 19.3 Å². The summed E-state index contributed by atoms with van der Waals surface area (Å²) in [6.45, 7) is 3.45. The number of rotatable bonds is 4. The van der Waals surface area contributed by atoms with Crippen LogP contribution in [-0.4, -0.2) is 33.3 Å². The molecule has 0 aliphatic rings. The fraction of sp³-hybridized carbons (Fsp3) is 0.125. The highest BCUT2D eigenvalue weighted by atomic mass is 79.9. The molecule has 0 aliphatic heterocycles. The van der Waals surface area contributed by atoms with Crippen LogP contribution < -0.4 is 10.6 Å². The second-order valence-corrected chi connectivity index (χ2v) is 10.0. The Morgan fingerprint density at radius 2 is 1.84 bits per heavy atom. The Morgan fingerprint density at radius 1 is 1.12 bits per heavy atom. The molecule has 3 aromatic rings. The zero-order chi connectivity index (χ0) is 18.0. The third kappa shape index (κ3) is 4.24. The van der Waals surface area contributed by atoms with Gasteiger partial charge in [-0.1, -0.05) is 6.07 Å². The number of aromatic nitrogens is 4. The first-order valence-electron chi connectivity index (χ1n) is 7.24. The molecule has 2 aromatic heterocycles. The van der Waals surface area contributed by atoms with Crippen molar-refractivity contribution in [2.75, 3.05) is 18.6 Å². The third-order valence-electron chi connectivity index (χ3n) is 3.44. The molecule has 0 radical (unpaired) electrons. The van der Waals surface area contributed by atoms with Crippen LogP contribution in [0.3, 0.4) is 0 Å². The van der Waals surface area contributed by atoms with Gasteiger partial charge in [0.2, 0.25) is 5.28 Å². The number of benzene rings is 1. The summed E-state index contributed by atoms with van der Waals surface area (Å²) in [6.07, 6.45) is 6.47. The van der Waals surface area contributed by atoms with E-state index in [1.165, 1.54) is 6.33 Å². The molecule has 128 valence electrons. The lowest BCUT2D eigenvalue weighted by molar-refractivity contribution is 0.588. The number of hydrogen-bond donors (Lipinski definition) is 1. The standard InChI is InChI=1S/C16H14BrClN5OP/c1-25(2,24)14-5-10(11-6-19-9-20-7-11)3-4-13(14)22-15-12(17)8-21-16(18)23-15/h3-9H,1-2H3,(H,21,22,23). The van der Waals surface area contributed by atoms with E-state index in [9.17, 15) is 4.57 Å². The normalized spacial score (nSPS) is 11.4. The summed E-state index contributed by atoms with van der Waals surface area (Å²) in [4.78, 5) is 16.1. The van der Waals surface area contributed by atoms with Gasteiger partial charge in [-0.3, -0.25) is 0 Å². The number of nitrogens with zero attached hydrogens (tertiary/aromatic N) is 4. The van der Waals surface area contributed by atoms with Crippen molar-refractivity contribution in [3.63, 3.8) is 0 Å². The summed E-state index contributed by atoms with van der Waals surface area (Å²) in [5.74, 6) is 0.505. The van der Waals surface area contributed by atoms with Crippen molar-refractivity contribution in [2.45, 2.75) is 0 Å². The molecule has 0 aliphatic carbocycles. The van der Waals surface area contributed by atoms with Crippen LogP contribution in [0.4, 0.5) is 11.5 Å². The highest BCUT2D eigenvalue weighted by Crippen LogP contribution is 2.40. The molecule has 0 saturated carbocycles. The van der Waals surface area contributed by atoms with Crippen molar-refractivity contribution in [1.82, 2.24) is 19.9 Å². The lowest BCUT2D eigenvalue weighted by atomic mass is 10.1. The summed E-state index contributed by atoms with van der Waals surface area (Å²) in [5, 5.41) is 4.01. The summed E-state index contributed by atoms with van der Waals surface area (Å²) < 4.78 is 13.5. The van der Waals surface area contributed by atoms with Gasteiger partial charge in [0.05, 0.1) is 10.2 Å². The minimum Gasteiger partial charge on any atom is -0.339 e. The molecule has 1 aromatic carbocycles. The van der Waals surface area contributed by atoms with E-state index < -0.39 is 7.14 Å². The molecule has 3 rings (SSSR count). The first-order valence-corrected chi connectivity index (χ1v) is 11.0. The average molecular weight is 439 g/mol. The predicted molar refractivity (Wildman–Crippen MR) is 105 cm³/mol. The van der Waals surface area contributed by atoms with Gasteiger partial charge in [-0.15, -0.1) is 0 Å². The molecular weight excluding hydrogens is 425 g/mol. The molecule has 0 atom stereocenters. The third-order valence-corrected chi connectivity index (χ3v) is 5.73. The molecule has 0 spiro atoms.